The maximum Gasteiger partial charge on any atom is 0.134 e. The van der Waals surface area contributed by atoms with E-state index >= 15 is 0 Å². The monoisotopic (exact) mass is 286 g/mol. The van der Waals surface area contributed by atoms with E-state index in [1.165, 1.54) is 0 Å². The number of benzene rings is 1. The Morgan fingerprint density at radius 1 is 1.10 bits per heavy atom. The van der Waals surface area contributed by atoms with Crippen LogP contribution in [-0.2, 0) is 6.42 Å². The van der Waals surface area contributed by atoms with E-state index in [9.17, 15) is 0 Å². The van der Waals surface area contributed by atoms with Crippen molar-refractivity contribution in [3.8, 4) is 5.75 Å². The van der Waals surface area contributed by atoms with Crippen molar-refractivity contribution in [2.45, 2.75) is 20.3 Å². The van der Waals surface area contributed by atoms with E-state index in [0.717, 1.165) is 35.2 Å². The molecule has 1 aromatic carbocycles. The van der Waals surface area contributed by atoms with E-state index < -0.39 is 0 Å². The van der Waals surface area contributed by atoms with Crippen LogP contribution in [0.4, 0.5) is 11.6 Å². The van der Waals surface area contributed by atoms with Gasteiger partial charge >= 0.3 is 0 Å². The van der Waals surface area contributed by atoms with Crippen LogP contribution in [0.15, 0.2) is 30.3 Å². The van der Waals surface area contributed by atoms with Gasteiger partial charge in [-0.15, -0.1) is 0 Å². The number of hydrogen-bond acceptors (Lipinski definition) is 5. The molecule has 0 atom stereocenters. The van der Waals surface area contributed by atoms with Gasteiger partial charge in [-0.2, -0.15) is 0 Å². The average molecular weight is 286 g/mol. The SMILES string of the molecule is CCc1nc(NC)c(C)c(NCCOc2ccccc2)n1. The van der Waals surface area contributed by atoms with Crippen molar-refractivity contribution in [3.63, 3.8) is 0 Å². The molecule has 0 saturated heterocycles. The fourth-order valence-electron chi connectivity index (χ4n) is 1.99. The lowest BCUT2D eigenvalue weighted by atomic mass is 10.3. The molecular weight excluding hydrogens is 264 g/mol. The Bertz CT molecular complexity index is 572. The first-order chi connectivity index (χ1) is 10.2. The van der Waals surface area contributed by atoms with E-state index in [0.29, 0.717) is 13.2 Å². The molecule has 0 bridgehead atoms. The fourth-order valence-corrected chi connectivity index (χ4v) is 1.99. The lowest BCUT2D eigenvalue weighted by molar-refractivity contribution is 0.332. The van der Waals surface area contributed by atoms with Crippen LogP contribution in [0, 0.1) is 6.92 Å². The molecule has 5 heteroatoms. The molecule has 0 unspecified atom stereocenters. The van der Waals surface area contributed by atoms with E-state index in [4.69, 9.17) is 4.74 Å². The molecule has 0 spiro atoms. The summed E-state index contributed by atoms with van der Waals surface area (Å²) in [5.41, 5.74) is 1.02. The number of hydrogen-bond donors (Lipinski definition) is 2. The lowest BCUT2D eigenvalue weighted by Gasteiger charge is -2.13. The van der Waals surface area contributed by atoms with Gasteiger partial charge in [-0.25, -0.2) is 9.97 Å². The third-order valence-electron chi connectivity index (χ3n) is 3.15. The summed E-state index contributed by atoms with van der Waals surface area (Å²) in [6.07, 6.45) is 0.810. The molecule has 0 aliphatic carbocycles. The quantitative estimate of drug-likeness (QED) is 0.766. The van der Waals surface area contributed by atoms with Crippen LogP contribution in [-0.4, -0.2) is 30.2 Å². The summed E-state index contributed by atoms with van der Waals surface area (Å²) in [6, 6.07) is 9.80. The van der Waals surface area contributed by atoms with Gasteiger partial charge in [0.15, 0.2) is 0 Å². The summed E-state index contributed by atoms with van der Waals surface area (Å²) in [4.78, 5) is 8.98. The Labute approximate surface area is 125 Å². The van der Waals surface area contributed by atoms with Gasteiger partial charge in [-0.3, -0.25) is 0 Å². The van der Waals surface area contributed by atoms with Crippen LogP contribution in [0.5, 0.6) is 5.75 Å². The van der Waals surface area contributed by atoms with Gasteiger partial charge in [0.25, 0.3) is 0 Å². The maximum atomic E-state index is 5.66. The van der Waals surface area contributed by atoms with Crippen molar-refractivity contribution in [1.29, 1.82) is 0 Å². The lowest BCUT2D eigenvalue weighted by Crippen LogP contribution is -2.15. The summed E-state index contributed by atoms with van der Waals surface area (Å²) in [6.45, 7) is 5.33. The number of aromatic nitrogens is 2. The van der Waals surface area contributed by atoms with Crippen LogP contribution in [0.1, 0.15) is 18.3 Å². The van der Waals surface area contributed by atoms with Gasteiger partial charge in [0.05, 0.1) is 6.54 Å². The summed E-state index contributed by atoms with van der Waals surface area (Å²) < 4.78 is 5.66. The second kappa shape index (κ2) is 7.47. The molecule has 0 fully saturated rings. The molecule has 0 amide bonds. The first kappa shape index (κ1) is 15.1. The Morgan fingerprint density at radius 3 is 2.48 bits per heavy atom. The number of para-hydroxylation sites is 1. The average Bonchev–Trinajstić information content (AvgIpc) is 2.54. The first-order valence-corrected chi connectivity index (χ1v) is 7.21. The van der Waals surface area contributed by atoms with Gasteiger partial charge in [-0.1, -0.05) is 25.1 Å². The van der Waals surface area contributed by atoms with Crippen LogP contribution in [0.25, 0.3) is 0 Å². The van der Waals surface area contributed by atoms with Gasteiger partial charge in [0.2, 0.25) is 0 Å². The van der Waals surface area contributed by atoms with Gasteiger partial charge in [0.1, 0.15) is 29.8 Å². The van der Waals surface area contributed by atoms with Gasteiger partial charge < -0.3 is 15.4 Å². The molecule has 112 valence electrons. The van der Waals surface area contributed by atoms with Crippen LogP contribution < -0.4 is 15.4 Å². The Hall–Kier alpha value is -2.30. The minimum atomic E-state index is 0.587. The molecule has 2 rings (SSSR count). The van der Waals surface area contributed by atoms with E-state index in [1.54, 1.807) is 0 Å². The van der Waals surface area contributed by atoms with Crippen LogP contribution in [0.3, 0.4) is 0 Å². The Kier molecular flexibility index (Phi) is 5.37. The van der Waals surface area contributed by atoms with Crippen molar-refractivity contribution in [2.75, 3.05) is 30.8 Å². The summed E-state index contributed by atoms with van der Waals surface area (Å²) in [7, 11) is 1.87. The molecule has 0 aliphatic heterocycles. The minimum absolute atomic E-state index is 0.587. The number of anilines is 2. The third kappa shape index (κ3) is 4.08. The Balaban J connectivity index is 1.93. The van der Waals surface area contributed by atoms with E-state index in [-0.39, 0.29) is 0 Å². The highest BCUT2D eigenvalue weighted by Crippen LogP contribution is 2.19. The molecule has 1 aromatic heterocycles. The normalized spacial score (nSPS) is 10.2. The number of rotatable bonds is 7. The molecule has 5 nitrogen and oxygen atoms in total. The minimum Gasteiger partial charge on any atom is -0.492 e. The predicted molar refractivity (Wildman–Crippen MR) is 86.1 cm³/mol. The van der Waals surface area contributed by atoms with Gasteiger partial charge in [-0.05, 0) is 19.1 Å². The molecule has 0 saturated carbocycles. The molecular formula is C16H22N4O. The second-order valence-corrected chi connectivity index (χ2v) is 4.65. The zero-order valence-electron chi connectivity index (χ0n) is 12.8. The second-order valence-electron chi connectivity index (χ2n) is 4.65. The number of aryl methyl sites for hydroxylation is 1. The summed E-state index contributed by atoms with van der Waals surface area (Å²) in [5, 5.41) is 6.42. The standard InChI is InChI=1S/C16H22N4O/c1-4-14-19-15(17-3)12(2)16(20-14)18-10-11-21-13-8-6-5-7-9-13/h5-9H,4,10-11H2,1-3H3,(H2,17,18,19,20). The molecule has 1 heterocycles. The topological polar surface area (TPSA) is 59.1 Å². The zero-order chi connectivity index (χ0) is 15.1. The van der Waals surface area contributed by atoms with Crippen LogP contribution in [0.2, 0.25) is 0 Å². The summed E-state index contributed by atoms with van der Waals surface area (Å²) >= 11 is 0. The number of nitrogens with one attached hydrogen (secondary N) is 2. The van der Waals surface area contributed by atoms with Crippen molar-refractivity contribution in [3.05, 3.63) is 41.7 Å². The largest absolute Gasteiger partial charge is 0.492 e. The highest BCUT2D eigenvalue weighted by Gasteiger charge is 2.08. The molecule has 21 heavy (non-hydrogen) atoms. The van der Waals surface area contributed by atoms with Crippen molar-refractivity contribution < 1.29 is 4.74 Å². The van der Waals surface area contributed by atoms with Crippen molar-refractivity contribution in [1.82, 2.24) is 9.97 Å². The highest BCUT2D eigenvalue weighted by atomic mass is 16.5. The molecule has 0 aliphatic rings. The van der Waals surface area contributed by atoms with Crippen molar-refractivity contribution >= 4 is 11.6 Å². The van der Waals surface area contributed by atoms with Crippen LogP contribution >= 0.6 is 0 Å². The number of nitrogens with zero attached hydrogens (tertiary/aromatic N) is 2. The predicted octanol–water partition coefficient (Wildman–Crippen LogP) is 2.88. The first-order valence-electron chi connectivity index (χ1n) is 7.21. The van der Waals surface area contributed by atoms with Gasteiger partial charge in [0, 0.05) is 19.0 Å². The van der Waals surface area contributed by atoms with E-state index in [1.807, 2.05) is 51.2 Å². The Morgan fingerprint density at radius 2 is 1.81 bits per heavy atom. The third-order valence-corrected chi connectivity index (χ3v) is 3.15. The fraction of sp³-hybridized carbons (Fsp3) is 0.375. The smallest absolute Gasteiger partial charge is 0.134 e. The highest BCUT2D eigenvalue weighted by molar-refractivity contribution is 5.56. The maximum absolute atomic E-state index is 5.66. The molecule has 2 aromatic rings. The molecule has 0 radical (unpaired) electrons. The molecule has 2 N–H and O–H groups in total. The van der Waals surface area contributed by atoms with E-state index in [2.05, 4.69) is 20.6 Å². The van der Waals surface area contributed by atoms with Crippen molar-refractivity contribution in [2.24, 2.45) is 0 Å². The zero-order valence-corrected chi connectivity index (χ0v) is 12.8. The summed E-state index contributed by atoms with van der Waals surface area (Å²) in [5.74, 6) is 3.44. The number of ether oxygens (including phenoxy) is 1.